The van der Waals surface area contributed by atoms with Gasteiger partial charge < -0.3 is 10.1 Å². The van der Waals surface area contributed by atoms with Crippen molar-refractivity contribution in [1.82, 2.24) is 5.32 Å². The maximum Gasteiger partial charge on any atom is 0.119 e. The van der Waals surface area contributed by atoms with Crippen LogP contribution in [-0.4, -0.2) is 19.7 Å². The molecule has 1 saturated carbocycles. The van der Waals surface area contributed by atoms with E-state index in [1.165, 1.54) is 18.4 Å². The van der Waals surface area contributed by atoms with Gasteiger partial charge in [0.05, 0.1) is 6.61 Å². The van der Waals surface area contributed by atoms with Crippen LogP contribution in [0.15, 0.2) is 24.3 Å². The number of ether oxygens (including phenoxy) is 1. The van der Waals surface area contributed by atoms with Gasteiger partial charge in [0.25, 0.3) is 0 Å². The van der Waals surface area contributed by atoms with Gasteiger partial charge in [0.1, 0.15) is 5.75 Å². The molecule has 88 valence electrons. The van der Waals surface area contributed by atoms with Crippen molar-refractivity contribution in [1.29, 1.82) is 0 Å². The van der Waals surface area contributed by atoms with Crippen molar-refractivity contribution < 1.29 is 4.74 Å². The Morgan fingerprint density at radius 1 is 1.31 bits per heavy atom. The largest absolute Gasteiger partial charge is 0.493 e. The van der Waals surface area contributed by atoms with Gasteiger partial charge in [-0.15, -0.1) is 0 Å². The van der Waals surface area contributed by atoms with E-state index in [-0.39, 0.29) is 0 Å². The summed E-state index contributed by atoms with van der Waals surface area (Å²) in [5.41, 5.74) is 1.36. The molecule has 1 unspecified atom stereocenters. The number of hydrogen-bond acceptors (Lipinski definition) is 2. The van der Waals surface area contributed by atoms with Crippen LogP contribution in [0.3, 0.4) is 0 Å². The number of benzene rings is 1. The fraction of sp³-hybridized carbons (Fsp3) is 0.571. The van der Waals surface area contributed by atoms with Crippen LogP contribution in [0.5, 0.6) is 5.75 Å². The molecule has 1 atom stereocenters. The van der Waals surface area contributed by atoms with Crippen molar-refractivity contribution in [2.75, 3.05) is 13.7 Å². The predicted octanol–water partition coefficient (Wildman–Crippen LogP) is 2.63. The van der Waals surface area contributed by atoms with Gasteiger partial charge >= 0.3 is 0 Å². The van der Waals surface area contributed by atoms with E-state index in [4.69, 9.17) is 4.74 Å². The van der Waals surface area contributed by atoms with E-state index in [2.05, 4.69) is 36.5 Å². The van der Waals surface area contributed by atoms with Crippen LogP contribution in [0.25, 0.3) is 0 Å². The van der Waals surface area contributed by atoms with Crippen molar-refractivity contribution in [3.63, 3.8) is 0 Å². The second-order valence-corrected chi connectivity index (χ2v) is 4.79. The lowest BCUT2D eigenvalue weighted by atomic mass is 10.1. The van der Waals surface area contributed by atoms with Crippen LogP contribution >= 0.6 is 0 Å². The minimum Gasteiger partial charge on any atom is -0.493 e. The fourth-order valence-corrected chi connectivity index (χ4v) is 1.68. The molecule has 16 heavy (non-hydrogen) atoms. The first-order valence-electron chi connectivity index (χ1n) is 6.17. The average Bonchev–Trinajstić information content (AvgIpc) is 3.12. The van der Waals surface area contributed by atoms with Gasteiger partial charge in [-0.1, -0.05) is 12.1 Å². The third kappa shape index (κ3) is 3.53. The highest BCUT2D eigenvalue weighted by Gasteiger charge is 2.21. The molecule has 1 aliphatic rings. The maximum absolute atomic E-state index is 5.70. The normalized spacial score (nSPS) is 17.1. The summed E-state index contributed by atoms with van der Waals surface area (Å²) < 4.78 is 5.70. The van der Waals surface area contributed by atoms with E-state index in [0.717, 1.165) is 24.7 Å². The first kappa shape index (κ1) is 11.5. The quantitative estimate of drug-likeness (QED) is 0.794. The molecule has 0 heterocycles. The van der Waals surface area contributed by atoms with Gasteiger partial charge in [0, 0.05) is 6.04 Å². The minimum absolute atomic E-state index is 0.526. The Morgan fingerprint density at radius 3 is 2.56 bits per heavy atom. The Morgan fingerprint density at radius 2 is 2.00 bits per heavy atom. The van der Waals surface area contributed by atoms with Gasteiger partial charge in [-0.05, 0) is 56.8 Å². The summed E-state index contributed by atoms with van der Waals surface area (Å²) in [4.78, 5) is 0. The van der Waals surface area contributed by atoms with Gasteiger partial charge in [-0.25, -0.2) is 0 Å². The number of rotatable bonds is 6. The fourth-order valence-electron chi connectivity index (χ4n) is 1.68. The molecular formula is C14H21NO. The SMILES string of the molecule is CNC(C)Cc1ccc(OCC2CC2)cc1. The zero-order valence-corrected chi connectivity index (χ0v) is 10.2. The lowest BCUT2D eigenvalue weighted by Gasteiger charge is -2.10. The molecule has 0 saturated heterocycles. The van der Waals surface area contributed by atoms with Crippen LogP contribution in [0, 0.1) is 5.92 Å². The van der Waals surface area contributed by atoms with Crippen molar-refractivity contribution in [3.05, 3.63) is 29.8 Å². The molecule has 2 nitrogen and oxygen atoms in total. The van der Waals surface area contributed by atoms with E-state index >= 15 is 0 Å². The molecule has 1 fully saturated rings. The number of nitrogens with one attached hydrogen (secondary N) is 1. The Hall–Kier alpha value is -1.02. The summed E-state index contributed by atoms with van der Waals surface area (Å²) in [5, 5.41) is 3.25. The van der Waals surface area contributed by atoms with Crippen LogP contribution < -0.4 is 10.1 Å². The number of likely N-dealkylation sites (N-methyl/N-ethyl adjacent to an activating group) is 1. The van der Waals surface area contributed by atoms with E-state index in [0.29, 0.717) is 6.04 Å². The predicted molar refractivity (Wildman–Crippen MR) is 66.9 cm³/mol. The molecule has 0 amide bonds. The highest BCUT2D eigenvalue weighted by Crippen LogP contribution is 2.29. The molecule has 2 heteroatoms. The topological polar surface area (TPSA) is 21.3 Å². The van der Waals surface area contributed by atoms with E-state index in [1.807, 2.05) is 7.05 Å². The minimum atomic E-state index is 0.526. The summed E-state index contributed by atoms with van der Waals surface area (Å²) in [7, 11) is 2.00. The lowest BCUT2D eigenvalue weighted by Crippen LogP contribution is -2.23. The van der Waals surface area contributed by atoms with Gasteiger partial charge in [0.15, 0.2) is 0 Å². The summed E-state index contributed by atoms with van der Waals surface area (Å²) in [6.45, 7) is 3.09. The summed E-state index contributed by atoms with van der Waals surface area (Å²) in [5.74, 6) is 1.83. The molecule has 1 aromatic carbocycles. The standard InChI is InChI=1S/C14H21NO/c1-11(15-2)9-12-5-7-14(8-6-12)16-10-13-3-4-13/h5-8,11,13,15H,3-4,9-10H2,1-2H3. The molecule has 0 aromatic heterocycles. The molecule has 1 N–H and O–H groups in total. The van der Waals surface area contributed by atoms with Crippen molar-refractivity contribution in [2.24, 2.45) is 5.92 Å². The van der Waals surface area contributed by atoms with Crippen LogP contribution in [0.2, 0.25) is 0 Å². The second kappa shape index (κ2) is 5.35. The van der Waals surface area contributed by atoms with Gasteiger partial charge in [-0.3, -0.25) is 0 Å². The monoisotopic (exact) mass is 219 g/mol. The smallest absolute Gasteiger partial charge is 0.119 e. The third-order valence-corrected chi connectivity index (χ3v) is 3.14. The molecule has 1 aliphatic carbocycles. The van der Waals surface area contributed by atoms with Gasteiger partial charge in [0.2, 0.25) is 0 Å². The Kier molecular flexibility index (Phi) is 3.83. The highest BCUT2D eigenvalue weighted by molar-refractivity contribution is 5.27. The molecular weight excluding hydrogens is 198 g/mol. The lowest BCUT2D eigenvalue weighted by molar-refractivity contribution is 0.299. The Bertz CT molecular complexity index is 316. The van der Waals surface area contributed by atoms with Gasteiger partial charge in [-0.2, -0.15) is 0 Å². The zero-order valence-electron chi connectivity index (χ0n) is 10.2. The van der Waals surface area contributed by atoms with Crippen molar-refractivity contribution in [2.45, 2.75) is 32.2 Å². The molecule has 0 radical (unpaired) electrons. The van der Waals surface area contributed by atoms with E-state index in [9.17, 15) is 0 Å². The zero-order chi connectivity index (χ0) is 11.4. The summed E-state index contributed by atoms with van der Waals surface area (Å²) in [6.07, 6.45) is 3.76. The average molecular weight is 219 g/mol. The summed E-state index contributed by atoms with van der Waals surface area (Å²) >= 11 is 0. The van der Waals surface area contributed by atoms with Crippen LogP contribution in [-0.2, 0) is 6.42 Å². The molecule has 1 aromatic rings. The van der Waals surface area contributed by atoms with Crippen molar-refractivity contribution >= 4 is 0 Å². The molecule has 0 bridgehead atoms. The maximum atomic E-state index is 5.70. The summed E-state index contributed by atoms with van der Waals surface area (Å²) in [6, 6.07) is 9.02. The molecule has 2 rings (SSSR count). The highest BCUT2D eigenvalue weighted by atomic mass is 16.5. The Labute approximate surface area is 98.0 Å². The van der Waals surface area contributed by atoms with Crippen LogP contribution in [0.4, 0.5) is 0 Å². The number of hydrogen-bond donors (Lipinski definition) is 1. The molecule has 0 aliphatic heterocycles. The third-order valence-electron chi connectivity index (χ3n) is 3.14. The first-order chi connectivity index (χ1) is 7.78. The second-order valence-electron chi connectivity index (χ2n) is 4.79. The Balaban J connectivity index is 1.82. The van der Waals surface area contributed by atoms with E-state index < -0.39 is 0 Å². The molecule has 0 spiro atoms. The van der Waals surface area contributed by atoms with Crippen LogP contribution in [0.1, 0.15) is 25.3 Å². The van der Waals surface area contributed by atoms with E-state index in [1.54, 1.807) is 0 Å². The van der Waals surface area contributed by atoms with Crippen molar-refractivity contribution in [3.8, 4) is 5.75 Å². The first-order valence-corrected chi connectivity index (χ1v) is 6.17.